The molecule has 1 aromatic rings. The van der Waals surface area contributed by atoms with E-state index in [1.807, 2.05) is 0 Å². The van der Waals surface area contributed by atoms with Gasteiger partial charge in [-0.3, -0.25) is 10.1 Å². The minimum Gasteiger partial charge on any atom is -0.259 e. The Hall–Kier alpha value is -1.78. The Kier molecular flexibility index (Phi) is 2.69. The lowest BCUT2D eigenvalue weighted by Gasteiger charge is -1.93. The minimum atomic E-state index is -1.02. The Balaban J connectivity index is 2.92. The van der Waals surface area contributed by atoms with Crippen LogP contribution in [0.3, 0.4) is 0 Å². The molecule has 1 rings (SSSR count). The molecule has 0 saturated carbocycles. The minimum absolute atomic E-state index is 0.246. The third-order valence-corrected chi connectivity index (χ3v) is 1.33. The van der Waals surface area contributed by atoms with Gasteiger partial charge in [-0.15, -0.1) is 0 Å². The number of nitro groups is 1. The monoisotopic (exact) mass is 185 g/mol. The lowest BCUT2D eigenvalue weighted by Crippen LogP contribution is -1.86. The second kappa shape index (κ2) is 3.75. The number of hydrogen-bond donors (Lipinski definition) is 0. The summed E-state index contributed by atoms with van der Waals surface area (Å²) in [6.07, 6.45) is 1.75. The first kappa shape index (κ1) is 9.31. The molecule has 0 atom stereocenters. The highest BCUT2D eigenvalue weighted by atomic mass is 19.2. The first-order chi connectivity index (χ1) is 6.09. The van der Waals surface area contributed by atoms with E-state index < -0.39 is 16.6 Å². The van der Waals surface area contributed by atoms with Gasteiger partial charge in [0, 0.05) is 6.08 Å². The zero-order valence-electron chi connectivity index (χ0n) is 6.41. The van der Waals surface area contributed by atoms with E-state index in [0.717, 1.165) is 18.2 Å². The normalized spacial score (nSPS) is 10.6. The topological polar surface area (TPSA) is 43.1 Å². The average molecular weight is 185 g/mol. The van der Waals surface area contributed by atoms with Gasteiger partial charge in [0.15, 0.2) is 11.6 Å². The molecule has 0 unspecified atom stereocenters. The molecule has 0 heterocycles. The molecule has 0 spiro atoms. The van der Waals surface area contributed by atoms with Crippen molar-refractivity contribution < 1.29 is 13.7 Å². The highest BCUT2D eigenvalue weighted by Crippen LogP contribution is 2.09. The molecular weight excluding hydrogens is 180 g/mol. The van der Waals surface area contributed by atoms with Crippen molar-refractivity contribution in [3.63, 3.8) is 0 Å². The third-order valence-electron chi connectivity index (χ3n) is 1.33. The summed E-state index contributed by atoms with van der Waals surface area (Å²) in [4.78, 5) is 9.20. The molecule has 13 heavy (non-hydrogen) atoms. The van der Waals surface area contributed by atoms with Gasteiger partial charge in [0.05, 0.1) is 4.92 Å². The van der Waals surface area contributed by atoms with Crippen LogP contribution in [-0.2, 0) is 0 Å². The maximum absolute atomic E-state index is 12.5. The highest BCUT2D eigenvalue weighted by molar-refractivity contribution is 5.47. The van der Waals surface area contributed by atoms with E-state index in [2.05, 4.69) is 0 Å². The summed E-state index contributed by atoms with van der Waals surface area (Å²) in [6.45, 7) is 0. The smallest absolute Gasteiger partial charge is 0.235 e. The molecule has 68 valence electrons. The van der Waals surface area contributed by atoms with E-state index in [-0.39, 0.29) is 5.56 Å². The maximum atomic E-state index is 12.5. The van der Waals surface area contributed by atoms with Crippen LogP contribution in [0, 0.1) is 21.7 Å². The summed E-state index contributed by atoms with van der Waals surface area (Å²) < 4.78 is 24.9. The molecule has 0 saturated heterocycles. The number of benzene rings is 1. The van der Waals surface area contributed by atoms with E-state index >= 15 is 0 Å². The molecule has 0 radical (unpaired) electrons. The molecule has 0 N–H and O–H groups in total. The van der Waals surface area contributed by atoms with Gasteiger partial charge in [-0.2, -0.15) is 0 Å². The molecule has 0 amide bonds. The molecule has 3 nitrogen and oxygen atoms in total. The van der Waals surface area contributed by atoms with Gasteiger partial charge in [0.1, 0.15) is 0 Å². The summed E-state index contributed by atoms with van der Waals surface area (Å²) in [5.41, 5.74) is 0.246. The second-order valence-electron chi connectivity index (χ2n) is 2.27. The molecule has 1 aromatic carbocycles. The van der Waals surface area contributed by atoms with Crippen LogP contribution in [-0.4, -0.2) is 4.92 Å². The van der Waals surface area contributed by atoms with Gasteiger partial charge >= 0.3 is 0 Å². The fourth-order valence-corrected chi connectivity index (χ4v) is 0.763. The van der Waals surface area contributed by atoms with E-state index in [1.54, 1.807) is 0 Å². The predicted octanol–water partition coefficient (Wildman–Crippen LogP) is 2.21. The fraction of sp³-hybridized carbons (Fsp3) is 0. The Bertz CT molecular complexity index is 363. The molecule has 0 aliphatic heterocycles. The Morgan fingerprint density at radius 2 is 2.00 bits per heavy atom. The number of halogens is 2. The van der Waals surface area contributed by atoms with Crippen LogP contribution >= 0.6 is 0 Å². The quantitative estimate of drug-likeness (QED) is 0.523. The molecule has 0 fully saturated rings. The highest BCUT2D eigenvalue weighted by Gasteiger charge is 2.00. The van der Waals surface area contributed by atoms with Crippen LogP contribution in [0.2, 0.25) is 0 Å². The zero-order valence-corrected chi connectivity index (χ0v) is 6.41. The van der Waals surface area contributed by atoms with Crippen molar-refractivity contribution in [3.05, 3.63) is 51.7 Å². The summed E-state index contributed by atoms with van der Waals surface area (Å²) in [5, 5.41) is 9.88. The molecule has 0 aliphatic rings. The lowest BCUT2D eigenvalue weighted by molar-refractivity contribution is -0.400. The summed E-state index contributed by atoms with van der Waals surface area (Å²) in [5.74, 6) is -2.00. The summed E-state index contributed by atoms with van der Waals surface area (Å²) in [7, 11) is 0. The van der Waals surface area contributed by atoms with E-state index in [0.29, 0.717) is 6.20 Å². The lowest BCUT2D eigenvalue weighted by atomic mass is 10.2. The number of nitrogens with zero attached hydrogens (tertiary/aromatic N) is 1. The van der Waals surface area contributed by atoms with Gasteiger partial charge < -0.3 is 0 Å². The summed E-state index contributed by atoms with van der Waals surface area (Å²) >= 11 is 0. The van der Waals surface area contributed by atoms with E-state index in [9.17, 15) is 18.9 Å². The number of rotatable bonds is 2. The van der Waals surface area contributed by atoms with Crippen LogP contribution in [0.15, 0.2) is 24.4 Å². The SMILES string of the molecule is O=[N+]([O-])C=Cc1ccc(F)c(F)c1. The standard InChI is InChI=1S/C8H5F2NO2/c9-7-2-1-6(5-8(7)10)3-4-11(12)13/h1-5H. The zero-order chi connectivity index (χ0) is 9.84. The molecular formula is C8H5F2NO2. The van der Waals surface area contributed by atoms with Crippen molar-refractivity contribution in [2.45, 2.75) is 0 Å². The molecule has 0 aromatic heterocycles. The van der Waals surface area contributed by atoms with Gasteiger partial charge in [-0.25, -0.2) is 8.78 Å². The third kappa shape index (κ3) is 2.62. The first-order valence-electron chi connectivity index (χ1n) is 3.36. The molecule has 0 aliphatic carbocycles. The Morgan fingerprint density at radius 3 is 2.54 bits per heavy atom. The Morgan fingerprint density at radius 1 is 1.31 bits per heavy atom. The molecule has 0 bridgehead atoms. The van der Waals surface area contributed by atoms with E-state index in [1.165, 1.54) is 6.07 Å². The Labute approximate surface area is 72.5 Å². The fourth-order valence-electron chi connectivity index (χ4n) is 0.763. The van der Waals surface area contributed by atoms with Gasteiger partial charge in [-0.1, -0.05) is 6.07 Å². The van der Waals surface area contributed by atoms with Crippen LogP contribution < -0.4 is 0 Å². The first-order valence-corrected chi connectivity index (χ1v) is 3.36. The van der Waals surface area contributed by atoms with Crippen molar-refractivity contribution in [3.8, 4) is 0 Å². The largest absolute Gasteiger partial charge is 0.259 e. The van der Waals surface area contributed by atoms with Crippen LogP contribution in [0.1, 0.15) is 5.56 Å². The maximum Gasteiger partial charge on any atom is 0.235 e. The molecule has 5 heteroatoms. The average Bonchev–Trinajstić information content (AvgIpc) is 2.07. The van der Waals surface area contributed by atoms with Crippen molar-refractivity contribution in [1.29, 1.82) is 0 Å². The van der Waals surface area contributed by atoms with Crippen LogP contribution in [0.25, 0.3) is 6.08 Å². The van der Waals surface area contributed by atoms with Crippen molar-refractivity contribution in [1.82, 2.24) is 0 Å². The van der Waals surface area contributed by atoms with Crippen molar-refractivity contribution in [2.24, 2.45) is 0 Å². The van der Waals surface area contributed by atoms with Crippen LogP contribution in [0.5, 0.6) is 0 Å². The summed E-state index contributed by atoms with van der Waals surface area (Å²) in [6, 6.07) is 3.04. The van der Waals surface area contributed by atoms with E-state index in [4.69, 9.17) is 0 Å². The van der Waals surface area contributed by atoms with Gasteiger partial charge in [-0.05, 0) is 17.7 Å². The second-order valence-corrected chi connectivity index (χ2v) is 2.27. The van der Waals surface area contributed by atoms with Gasteiger partial charge in [0.25, 0.3) is 0 Å². The van der Waals surface area contributed by atoms with Crippen molar-refractivity contribution >= 4 is 6.08 Å². The predicted molar refractivity (Wildman–Crippen MR) is 42.4 cm³/mol. The van der Waals surface area contributed by atoms with Crippen molar-refractivity contribution in [2.75, 3.05) is 0 Å². The van der Waals surface area contributed by atoms with Gasteiger partial charge in [0.2, 0.25) is 6.20 Å². The number of hydrogen-bond acceptors (Lipinski definition) is 2. The van der Waals surface area contributed by atoms with Crippen LogP contribution in [0.4, 0.5) is 8.78 Å².